The van der Waals surface area contributed by atoms with Gasteiger partial charge in [0.1, 0.15) is 5.56 Å². The molecule has 1 aromatic heterocycles. The van der Waals surface area contributed by atoms with Crippen LogP contribution in [0.5, 0.6) is 0 Å². The van der Waals surface area contributed by atoms with E-state index in [-0.39, 0.29) is 12.2 Å². The van der Waals surface area contributed by atoms with Crippen molar-refractivity contribution >= 4 is 45.8 Å². The lowest BCUT2D eigenvalue weighted by Crippen LogP contribution is -2.15. The van der Waals surface area contributed by atoms with Gasteiger partial charge in [-0.05, 0) is 19.1 Å². The van der Waals surface area contributed by atoms with Crippen LogP contribution in [0.3, 0.4) is 0 Å². The number of benzene rings is 1. The fraction of sp³-hybridized carbons (Fsp3) is 0.167. The van der Waals surface area contributed by atoms with Crippen LogP contribution in [-0.4, -0.2) is 17.6 Å². The smallest absolute Gasteiger partial charge is 0.341 e. The Morgan fingerprint density at radius 3 is 2.74 bits per heavy atom. The number of carbonyl (C=O) groups is 1. The lowest BCUT2D eigenvalue weighted by Gasteiger charge is -2.12. The quantitative estimate of drug-likeness (QED) is 0.517. The third kappa shape index (κ3) is 2.45. The van der Waals surface area contributed by atoms with Crippen molar-refractivity contribution in [2.24, 2.45) is 5.84 Å². The molecule has 100 valence electrons. The van der Waals surface area contributed by atoms with Gasteiger partial charge in [0.25, 0.3) is 0 Å². The third-order valence-electron chi connectivity index (χ3n) is 2.56. The summed E-state index contributed by atoms with van der Waals surface area (Å²) in [5, 5.41) is 1.31. The number of nitrogens with zero attached hydrogens (tertiary/aromatic N) is 1. The van der Waals surface area contributed by atoms with Crippen molar-refractivity contribution in [1.82, 2.24) is 4.98 Å². The van der Waals surface area contributed by atoms with Crippen LogP contribution in [0.1, 0.15) is 17.3 Å². The van der Waals surface area contributed by atoms with Crippen LogP contribution in [0.2, 0.25) is 10.0 Å². The first kappa shape index (κ1) is 13.9. The molecule has 0 radical (unpaired) electrons. The molecule has 0 saturated heterocycles. The number of nitrogens with two attached hydrogens (primary N) is 1. The number of hydrazine groups is 1. The van der Waals surface area contributed by atoms with Crippen LogP contribution in [0.4, 0.5) is 5.69 Å². The minimum absolute atomic E-state index is 0.209. The lowest BCUT2D eigenvalue weighted by molar-refractivity contribution is 0.0527. The summed E-state index contributed by atoms with van der Waals surface area (Å²) in [5.74, 6) is 4.96. The van der Waals surface area contributed by atoms with Gasteiger partial charge in [-0.2, -0.15) is 0 Å². The summed E-state index contributed by atoms with van der Waals surface area (Å²) in [6, 6.07) is 3.24. The average Bonchev–Trinajstić information content (AvgIpc) is 2.41. The standard InChI is InChI=1S/C12H11Cl2N3O2/c1-2-19-12(18)6-5-16-11-8(14)4-3-7(13)9(11)10(6)17-15/h3-5H,2,15H2,1H3,(H,16,17). The van der Waals surface area contributed by atoms with Gasteiger partial charge >= 0.3 is 5.97 Å². The van der Waals surface area contributed by atoms with E-state index in [9.17, 15) is 4.79 Å². The molecule has 0 bridgehead atoms. The van der Waals surface area contributed by atoms with Crippen LogP contribution in [0.25, 0.3) is 10.9 Å². The van der Waals surface area contributed by atoms with E-state index in [1.807, 2.05) is 0 Å². The van der Waals surface area contributed by atoms with Gasteiger partial charge in [0.05, 0.1) is 27.9 Å². The van der Waals surface area contributed by atoms with E-state index < -0.39 is 5.97 Å². The highest BCUT2D eigenvalue weighted by Gasteiger charge is 2.18. The summed E-state index contributed by atoms with van der Waals surface area (Å²) in [4.78, 5) is 16.0. The Balaban J connectivity index is 2.76. The van der Waals surface area contributed by atoms with E-state index in [0.717, 1.165) is 0 Å². The van der Waals surface area contributed by atoms with Crippen LogP contribution >= 0.6 is 23.2 Å². The van der Waals surface area contributed by atoms with Gasteiger partial charge < -0.3 is 10.2 Å². The molecule has 0 fully saturated rings. The number of nitrogens with one attached hydrogen (secondary N) is 1. The number of halogens is 2. The van der Waals surface area contributed by atoms with Crippen molar-refractivity contribution in [1.29, 1.82) is 0 Å². The maximum Gasteiger partial charge on any atom is 0.341 e. The molecule has 2 aromatic rings. The van der Waals surface area contributed by atoms with E-state index in [0.29, 0.717) is 26.6 Å². The summed E-state index contributed by atoms with van der Waals surface area (Å²) in [7, 11) is 0. The average molecular weight is 300 g/mol. The van der Waals surface area contributed by atoms with E-state index in [1.54, 1.807) is 19.1 Å². The number of hydrogen-bond acceptors (Lipinski definition) is 5. The fourth-order valence-electron chi connectivity index (χ4n) is 1.75. The number of carbonyl (C=O) groups excluding carboxylic acids is 1. The van der Waals surface area contributed by atoms with Crippen molar-refractivity contribution < 1.29 is 9.53 Å². The lowest BCUT2D eigenvalue weighted by atomic mass is 10.1. The molecule has 3 N–H and O–H groups in total. The zero-order valence-electron chi connectivity index (χ0n) is 10.0. The van der Waals surface area contributed by atoms with Crippen molar-refractivity contribution in [2.75, 3.05) is 12.0 Å². The van der Waals surface area contributed by atoms with Gasteiger partial charge in [-0.1, -0.05) is 23.2 Å². The van der Waals surface area contributed by atoms with Gasteiger partial charge in [0.2, 0.25) is 0 Å². The summed E-state index contributed by atoms with van der Waals surface area (Å²) >= 11 is 12.2. The first-order valence-electron chi connectivity index (χ1n) is 5.50. The number of nitrogen functional groups attached to an aromatic ring is 1. The summed E-state index contributed by atoms with van der Waals surface area (Å²) < 4.78 is 4.94. The Morgan fingerprint density at radius 1 is 1.42 bits per heavy atom. The molecular weight excluding hydrogens is 289 g/mol. The molecule has 2 rings (SSSR count). The Bertz CT molecular complexity index is 646. The molecular formula is C12H11Cl2N3O2. The number of ether oxygens (including phenoxy) is 1. The predicted molar refractivity (Wildman–Crippen MR) is 75.5 cm³/mol. The second-order valence-corrected chi connectivity index (χ2v) is 4.48. The number of pyridine rings is 1. The van der Waals surface area contributed by atoms with Gasteiger partial charge in [-0.3, -0.25) is 10.8 Å². The monoisotopic (exact) mass is 299 g/mol. The molecule has 0 spiro atoms. The van der Waals surface area contributed by atoms with Crippen molar-refractivity contribution in [2.45, 2.75) is 6.92 Å². The van der Waals surface area contributed by atoms with Crippen molar-refractivity contribution in [3.8, 4) is 0 Å². The number of aromatic nitrogens is 1. The van der Waals surface area contributed by atoms with Gasteiger partial charge in [-0.25, -0.2) is 4.79 Å². The topological polar surface area (TPSA) is 77.2 Å². The molecule has 1 aromatic carbocycles. The molecule has 1 heterocycles. The van der Waals surface area contributed by atoms with E-state index in [2.05, 4.69) is 10.4 Å². The van der Waals surface area contributed by atoms with Gasteiger partial charge in [0, 0.05) is 11.6 Å². The maximum atomic E-state index is 11.8. The molecule has 0 aliphatic heterocycles. The van der Waals surface area contributed by atoms with Crippen LogP contribution in [-0.2, 0) is 4.74 Å². The minimum atomic E-state index is -0.527. The van der Waals surface area contributed by atoms with Gasteiger partial charge in [-0.15, -0.1) is 0 Å². The molecule has 0 saturated carbocycles. The van der Waals surface area contributed by atoms with Crippen molar-refractivity contribution in [3.05, 3.63) is 33.9 Å². The Kier molecular flexibility index (Phi) is 4.09. The molecule has 0 amide bonds. The highest BCUT2D eigenvalue weighted by Crippen LogP contribution is 2.35. The Labute approximate surface area is 119 Å². The van der Waals surface area contributed by atoms with E-state index in [4.69, 9.17) is 33.8 Å². The highest BCUT2D eigenvalue weighted by molar-refractivity contribution is 6.41. The Hall–Kier alpha value is -1.56. The second kappa shape index (κ2) is 5.61. The summed E-state index contributed by atoms with van der Waals surface area (Å²) in [6.07, 6.45) is 1.36. The van der Waals surface area contributed by atoms with Gasteiger partial charge in [0.15, 0.2) is 0 Å². The first-order valence-corrected chi connectivity index (χ1v) is 6.26. The normalized spacial score (nSPS) is 10.5. The zero-order chi connectivity index (χ0) is 14.0. The predicted octanol–water partition coefficient (Wildman–Crippen LogP) is 3.00. The Morgan fingerprint density at radius 2 is 2.11 bits per heavy atom. The van der Waals surface area contributed by atoms with E-state index in [1.165, 1.54) is 6.20 Å². The minimum Gasteiger partial charge on any atom is -0.462 e. The fourth-order valence-corrected chi connectivity index (χ4v) is 2.20. The highest BCUT2D eigenvalue weighted by atomic mass is 35.5. The first-order chi connectivity index (χ1) is 9.10. The third-order valence-corrected chi connectivity index (χ3v) is 3.18. The van der Waals surface area contributed by atoms with Crippen molar-refractivity contribution in [3.63, 3.8) is 0 Å². The molecule has 0 aliphatic rings. The number of esters is 1. The number of fused-ring (bicyclic) bond motifs is 1. The number of hydrogen-bond donors (Lipinski definition) is 2. The molecule has 0 aliphatic carbocycles. The number of rotatable bonds is 3. The molecule has 0 atom stereocenters. The molecule has 19 heavy (non-hydrogen) atoms. The van der Waals surface area contributed by atoms with Crippen LogP contribution in [0, 0.1) is 0 Å². The second-order valence-electron chi connectivity index (χ2n) is 3.66. The SMILES string of the molecule is CCOC(=O)c1cnc2c(Cl)ccc(Cl)c2c1NN. The van der Waals surface area contributed by atoms with Crippen LogP contribution in [0.15, 0.2) is 18.3 Å². The maximum absolute atomic E-state index is 11.8. The number of anilines is 1. The summed E-state index contributed by atoms with van der Waals surface area (Å²) in [6.45, 7) is 1.97. The zero-order valence-corrected chi connectivity index (χ0v) is 11.5. The molecule has 5 nitrogen and oxygen atoms in total. The molecule has 7 heteroatoms. The van der Waals surface area contributed by atoms with Crippen LogP contribution < -0.4 is 11.3 Å². The largest absolute Gasteiger partial charge is 0.462 e. The van der Waals surface area contributed by atoms with E-state index >= 15 is 0 Å². The molecule has 0 unspecified atom stereocenters. The summed E-state index contributed by atoms with van der Waals surface area (Å²) in [5.41, 5.74) is 3.48.